The summed E-state index contributed by atoms with van der Waals surface area (Å²) >= 11 is 0. The minimum absolute atomic E-state index is 0.0537. The molecule has 3 rings (SSSR count). The lowest BCUT2D eigenvalue weighted by atomic mass is 10.0. The van der Waals surface area contributed by atoms with E-state index in [1.807, 2.05) is 30.5 Å². The van der Waals surface area contributed by atoms with E-state index >= 15 is 0 Å². The van der Waals surface area contributed by atoms with Crippen LogP contribution in [0, 0.1) is 6.92 Å². The second-order valence-electron chi connectivity index (χ2n) is 5.83. The second-order valence-corrected chi connectivity index (χ2v) is 5.83. The van der Waals surface area contributed by atoms with Crippen molar-refractivity contribution in [1.29, 1.82) is 0 Å². The Bertz CT molecular complexity index is 769. The molecule has 0 aliphatic rings. The van der Waals surface area contributed by atoms with Crippen LogP contribution < -0.4 is 10.1 Å². The van der Waals surface area contributed by atoms with Gasteiger partial charge in [-0.25, -0.2) is 0 Å². The number of hydrogen-bond acceptors (Lipinski definition) is 3. The lowest BCUT2D eigenvalue weighted by Gasteiger charge is -2.19. The van der Waals surface area contributed by atoms with Crippen molar-refractivity contribution in [3.63, 3.8) is 0 Å². The van der Waals surface area contributed by atoms with Crippen molar-refractivity contribution in [2.75, 3.05) is 7.11 Å². The third-order valence-electron chi connectivity index (χ3n) is 4.04. The van der Waals surface area contributed by atoms with Gasteiger partial charge in [0.1, 0.15) is 5.75 Å². The molecule has 0 radical (unpaired) electrons. The van der Waals surface area contributed by atoms with Crippen molar-refractivity contribution in [2.45, 2.75) is 19.5 Å². The average molecular weight is 318 g/mol. The Labute approximate surface area is 143 Å². The molecule has 0 aliphatic heterocycles. The van der Waals surface area contributed by atoms with Crippen LogP contribution in [0.2, 0.25) is 0 Å². The average Bonchev–Trinajstić information content (AvgIpc) is 2.64. The van der Waals surface area contributed by atoms with Crippen LogP contribution in [0.5, 0.6) is 5.75 Å². The zero-order valence-corrected chi connectivity index (χ0v) is 14.1. The lowest BCUT2D eigenvalue weighted by molar-refractivity contribution is 0.414. The molecule has 0 saturated heterocycles. The predicted molar refractivity (Wildman–Crippen MR) is 97.1 cm³/mol. The van der Waals surface area contributed by atoms with Crippen molar-refractivity contribution < 1.29 is 4.74 Å². The highest BCUT2D eigenvalue weighted by Gasteiger charge is 2.14. The number of pyridine rings is 1. The molecule has 0 amide bonds. The van der Waals surface area contributed by atoms with Gasteiger partial charge in [0.15, 0.2) is 0 Å². The highest BCUT2D eigenvalue weighted by Crippen LogP contribution is 2.22. The maximum absolute atomic E-state index is 5.30. The molecule has 0 aliphatic carbocycles. The zero-order chi connectivity index (χ0) is 16.8. The molecule has 1 unspecified atom stereocenters. The molecule has 0 bridgehead atoms. The molecule has 2 aromatic carbocycles. The number of nitrogens with zero attached hydrogens (tertiary/aromatic N) is 1. The number of hydrogen-bond donors (Lipinski definition) is 1. The van der Waals surface area contributed by atoms with Crippen molar-refractivity contribution in [3.8, 4) is 5.75 Å². The molecule has 1 atom stereocenters. The molecule has 0 spiro atoms. The molecule has 0 fully saturated rings. The first-order valence-electron chi connectivity index (χ1n) is 8.10. The Morgan fingerprint density at radius 2 is 1.83 bits per heavy atom. The number of benzene rings is 2. The number of aromatic nitrogens is 1. The highest BCUT2D eigenvalue weighted by atomic mass is 16.5. The standard InChI is InChI=1S/C21H22N2O/c1-16-9-11-18(12-10-16)21(20-8-3-4-13-22-20)23-15-17-6-5-7-19(14-17)24-2/h3-14,21,23H,15H2,1-2H3. The Balaban J connectivity index is 1.83. The van der Waals surface area contributed by atoms with Crippen LogP contribution in [0.1, 0.15) is 28.4 Å². The quantitative estimate of drug-likeness (QED) is 0.736. The van der Waals surface area contributed by atoms with Crippen molar-refractivity contribution in [3.05, 3.63) is 95.3 Å². The summed E-state index contributed by atoms with van der Waals surface area (Å²) in [5.74, 6) is 0.874. The summed E-state index contributed by atoms with van der Waals surface area (Å²) in [4.78, 5) is 4.54. The van der Waals surface area contributed by atoms with Crippen LogP contribution in [-0.4, -0.2) is 12.1 Å². The van der Waals surface area contributed by atoms with Gasteiger partial charge in [-0.1, -0.05) is 48.0 Å². The molecule has 122 valence electrons. The summed E-state index contributed by atoms with van der Waals surface area (Å²) in [6, 6.07) is 22.8. The van der Waals surface area contributed by atoms with E-state index in [4.69, 9.17) is 4.74 Å². The van der Waals surface area contributed by atoms with Gasteiger partial charge in [0.2, 0.25) is 0 Å². The maximum atomic E-state index is 5.30. The summed E-state index contributed by atoms with van der Waals surface area (Å²) in [7, 11) is 1.69. The molecule has 3 aromatic rings. The van der Waals surface area contributed by atoms with Gasteiger partial charge < -0.3 is 10.1 Å². The smallest absolute Gasteiger partial charge is 0.119 e. The summed E-state index contributed by atoms with van der Waals surface area (Å²) < 4.78 is 5.30. The fourth-order valence-corrected chi connectivity index (χ4v) is 2.70. The molecular formula is C21H22N2O. The molecule has 1 N–H and O–H groups in total. The maximum Gasteiger partial charge on any atom is 0.119 e. The van der Waals surface area contributed by atoms with E-state index in [-0.39, 0.29) is 6.04 Å². The van der Waals surface area contributed by atoms with Crippen LogP contribution in [0.15, 0.2) is 72.9 Å². The van der Waals surface area contributed by atoms with Gasteiger partial charge in [0, 0.05) is 12.7 Å². The number of rotatable bonds is 6. The van der Waals surface area contributed by atoms with Gasteiger partial charge >= 0.3 is 0 Å². The third-order valence-corrected chi connectivity index (χ3v) is 4.04. The van der Waals surface area contributed by atoms with Crippen LogP contribution in [0.4, 0.5) is 0 Å². The Hall–Kier alpha value is -2.65. The molecular weight excluding hydrogens is 296 g/mol. The van der Waals surface area contributed by atoms with Gasteiger partial charge in [0.05, 0.1) is 18.8 Å². The normalized spacial score (nSPS) is 11.9. The first-order valence-corrected chi connectivity index (χ1v) is 8.10. The van der Waals surface area contributed by atoms with Gasteiger partial charge in [-0.15, -0.1) is 0 Å². The number of nitrogens with one attached hydrogen (secondary N) is 1. The molecule has 3 heteroatoms. The number of aryl methyl sites for hydroxylation is 1. The monoisotopic (exact) mass is 318 g/mol. The van der Waals surface area contributed by atoms with Gasteiger partial charge in [0.25, 0.3) is 0 Å². The summed E-state index contributed by atoms with van der Waals surface area (Å²) in [6.07, 6.45) is 1.84. The van der Waals surface area contributed by atoms with Gasteiger partial charge in [-0.3, -0.25) is 4.98 Å². The largest absolute Gasteiger partial charge is 0.497 e. The summed E-state index contributed by atoms with van der Waals surface area (Å²) in [6.45, 7) is 2.84. The van der Waals surface area contributed by atoms with E-state index in [1.54, 1.807) is 7.11 Å². The predicted octanol–water partition coefficient (Wildman–Crippen LogP) is 4.28. The van der Waals surface area contributed by atoms with Crippen LogP contribution in [0.3, 0.4) is 0 Å². The minimum atomic E-state index is 0.0537. The van der Waals surface area contributed by atoms with Crippen LogP contribution in [0.25, 0.3) is 0 Å². The van der Waals surface area contributed by atoms with Crippen LogP contribution in [-0.2, 0) is 6.54 Å². The van der Waals surface area contributed by atoms with E-state index in [2.05, 4.69) is 59.7 Å². The van der Waals surface area contributed by atoms with E-state index < -0.39 is 0 Å². The first-order chi connectivity index (χ1) is 11.8. The highest BCUT2D eigenvalue weighted by molar-refractivity contribution is 5.32. The van der Waals surface area contributed by atoms with Crippen molar-refractivity contribution in [1.82, 2.24) is 10.3 Å². The second kappa shape index (κ2) is 7.75. The number of ether oxygens (including phenoxy) is 1. The minimum Gasteiger partial charge on any atom is -0.497 e. The topological polar surface area (TPSA) is 34.1 Å². The first kappa shape index (κ1) is 16.2. The van der Waals surface area contributed by atoms with Gasteiger partial charge in [-0.05, 0) is 42.3 Å². The van der Waals surface area contributed by atoms with E-state index in [1.165, 1.54) is 16.7 Å². The van der Waals surface area contributed by atoms with Crippen LogP contribution >= 0.6 is 0 Å². The molecule has 1 aromatic heterocycles. The summed E-state index contributed by atoms with van der Waals surface area (Å²) in [5.41, 5.74) is 4.67. The Morgan fingerprint density at radius 3 is 2.54 bits per heavy atom. The number of methoxy groups -OCH3 is 1. The zero-order valence-electron chi connectivity index (χ0n) is 14.1. The van der Waals surface area contributed by atoms with Crippen molar-refractivity contribution in [2.24, 2.45) is 0 Å². The molecule has 3 nitrogen and oxygen atoms in total. The fourth-order valence-electron chi connectivity index (χ4n) is 2.70. The van der Waals surface area contributed by atoms with E-state index in [0.29, 0.717) is 0 Å². The summed E-state index contributed by atoms with van der Waals surface area (Å²) in [5, 5.41) is 3.62. The molecule has 0 saturated carbocycles. The Kier molecular flexibility index (Phi) is 5.24. The van der Waals surface area contributed by atoms with E-state index in [9.17, 15) is 0 Å². The molecule has 24 heavy (non-hydrogen) atoms. The third kappa shape index (κ3) is 4.00. The van der Waals surface area contributed by atoms with Crippen molar-refractivity contribution >= 4 is 0 Å². The molecule has 1 heterocycles. The lowest BCUT2D eigenvalue weighted by Crippen LogP contribution is -2.23. The Morgan fingerprint density at radius 1 is 1.00 bits per heavy atom. The van der Waals surface area contributed by atoms with Gasteiger partial charge in [-0.2, -0.15) is 0 Å². The fraction of sp³-hybridized carbons (Fsp3) is 0.190. The SMILES string of the molecule is COc1cccc(CNC(c2ccc(C)cc2)c2ccccn2)c1. The van der Waals surface area contributed by atoms with E-state index in [0.717, 1.165) is 18.0 Å².